The lowest BCUT2D eigenvalue weighted by Gasteiger charge is -2.35. The SMILES string of the molecule is O=C(Cn1nc(-c2ccc(F)cc2)oc1=O)N1CCc2sccc2[C@@H]1c1cccs1. The van der Waals surface area contributed by atoms with E-state index in [1.54, 1.807) is 27.6 Å². The van der Waals surface area contributed by atoms with Gasteiger partial charge in [0.05, 0.1) is 6.04 Å². The summed E-state index contributed by atoms with van der Waals surface area (Å²) >= 11 is 3.31. The lowest BCUT2D eigenvalue weighted by Crippen LogP contribution is -2.42. The maximum absolute atomic E-state index is 13.2. The first-order valence-corrected chi connectivity index (χ1v) is 11.1. The first-order chi connectivity index (χ1) is 14.6. The van der Waals surface area contributed by atoms with Crippen LogP contribution in [-0.2, 0) is 17.8 Å². The molecule has 0 saturated heterocycles. The van der Waals surface area contributed by atoms with Crippen molar-refractivity contribution in [3.05, 3.63) is 84.9 Å². The Morgan fingerprint density at radius 1 is 1.17 bits per heavy atom. The summed E-state index contributed by atoms with van der Waals surface area (Å²) in [7, 11) is 0. The molecule has 1 aliphatic rings. The number of nitrogens with zero attached hydrogens (tertiary/aromatic N) is 3. The highest BCUT2D eigenvalue weighted by Crippen LogP contribution is 2.39. The molecule has 5 rings (SSSR count). The van der Waals surface area contributed by atoms with Crippen LogP contribution in [0, 0.1) is 5.82 Å². The number of hydrogen-bond donors (Lipinski definition) is 0. The molecule has 3 aromatic heterocycles. The molecule has 1 aliphatic heterocycles. The van der Waals surface area contributed by atoms with Gasteiger partial charge in [0.1, 0.15) is 12.4 Å². The van der Waals surface area contributed by atoms with Gasteiger partial charge in [0.15, 0.2) is 0 Å². The van der Waals surface area contributed by atoms with Crippen molar-refractivity contribution in [2.75, 3.05) is 6.54 Å². The Labute approximate surface area is 178 Å². The van der Waals surface area contributed by atoms with E-state index in [0.29, 0.717) is 12.1 Å². The fourth-order valence-electron chi connectivity index (χ4n) is 3.67. The van der Waals surface area contributed by atoms with Gasteiger partial charge in [-0.1, -0.05) is 6.07 Å². The van der Waals surface area contributed by atoms with Crippen LogP contribution in [0.25, 0.3) is 11.5 Å². The number of hydrogen-bond acceptors (Lipinski definition) is 6. The van der Waals surface area contributed by atoms with Gasteiger partial charge >= 0.3 is 5.76 Å². The van der Waals surface area contributed by atoms with Crippen LogP contribution in [0.15, 0.2) is 62.4 Å². The van der Waals surface area contributed by atoms with Crippen LogP contribution in [0.5, 0.6) is 0 Å². The number of fused-ring (bicyclic) bond motifs is 1. The fraction of sp³-hybridized carbons (Fsp3) is 0.190. The number of aromatic nitrogens is 2. The Balaban J connectivity index is 1.43. The van der Waals surface area contributed by atoms with E-state index in [9.17, 15) is 14.0 Å². The van der Waals surface area contributed by atoms with Gasteiger partial charge in [-0.3, -0.25) is 4.79 Å². The molecule has 30 heavy (non-hydrogen) atoms. The number of benzene rings is 1. The molecule has 0 bridgehead atoms. The summed E-state index contributed by atoms with van der Waals surface area (Å²) in [6.07, 6.45) is 0.787. The van der Waals surface area contributed by atoms with Crippen molar-refractivity contribution in [1.29, 1.82) is 0 Å². The molecule has 0 unspecified atom stereocenters. The predicted octanol–water partition coefficient (Wildman–Crippen LogP) is 3.94. The van der Waals surface area contributed by atoms with Crippen molar-refractivity contribution in [2.24, 2.45) is 0 Å². The lowest BCUT2D eigenvalue weighted by atomic mass is 9.98. The van der Waals surface area contributed by atoms with E-state index >= 15 is 0 Å². The van der Waals surface area contributed by atoms with E-state index in [1.165, 1.54) is 29.1 Å². The second-order valence-electron chi connectivity index (χ2n) is 6.89. The Morgan fingerprint density at radius 3 is 2.77 bits per heavy atom. The van der Waals surface area contributed by atoms with Crippen LogP contribution in [0.2, 0.25) is 0 Å². The molecule has 152 valence electrons. The molecular weight excluding hydrogens is 425 g/mol. The Bertz CT molecular complexity index is 1240. The maximum Gasteiger partial charge on any atom is 0.437 e. The van der Waals surface area contributed by atoms with Crippen LogP contribution in [0.1, 0.15) is 21.4 Å². The first kappa shape index (κ1) is 19.0. The molecule has 4 aromatic rings. The fourth-order valence-corrected chi connectivity index (χ4v) is 5.43. The summed E-state index contributed by atoms with van der Waals surface area (Å²) in [6, 6.07) is 11.4. The smallest absolute Gasteiger partial charge is 0.388 e. The number of rotatable bonds is 4. The van der Waals surface area contributed by atoms with Gasteiger partial charge in [-0.2, -0.15) is 4.68 Å². The number of halogens is 1. The summed E-state index contributed by atoms with van der Waals surface area (Å²) in [5.41, 5.74) is 1.61. The monoisotopic (exact) mass is 441 g/mol. The molecular formula is C21H16FN3O3S2. The maximum atomic E-state index is 13.2. The van der Waals surface area contributed by atoms with Gasteiger partial charge in [-0.05, 0) is 59.1 Å². The van der Waals surface area contributed by atoms with Gasteiger partial charge in [-0.25, -0.2) is 9.18 Å². The van der Waals surface area contributed by atoms with Crippen LogP contribution in [-0.4, -0.2) is 27.1 Å². The van der Waals surface area contributed by atoms with Gasteiger partial charge in [0.25, 0.3) is 0 Å². The van der Waals surface area contributed by atoms with E-state index < -0.39 is 11.6 Å². The van der Waals surface area contributed by atoms with Crippen LogP contribution >= 0.6 is 22.7 Å². The molecule has 0 spiro atoms. The molecule has 4 heterocycles. The zero-order chi connectivity index (χ0) is 20.7. The van der Waals surface area contributed by atoms with Crippen LogP contribution in [0.3, 0.4) is 0 Å². The Kier molecular flexibility index (Phi) is 4.84. The second kappa shape index (κ2) is 7.66. The molecule has 9 heteroatoms. The summed E-state index contributed by atoms with van der Waals surface area (Å²) in [4.78, 5) is 29.6. The van der Waals surface area contributed by atoms with Crippen molar-refractivity contribution < 1.29 is 13.6 Å². The van der Waals surface area contributed by atoms with Gasteiger partial charge in [-0.15, -0.1) is 27.8 Å². The molecule has 0 fully saturated rings. The lowest BCUT2D eigenvalue weighted by molar-refractivity contribution is -0.134. The van der Waals surface area contributed by atoms with Crippen molar-refractivity contribution in [2.45, 2.75) is 19.0 Å². The van der Waals surface area contributed by atoms with Gasteiger partial charge in [0.2, 0.25) is 11.8 Å². The topological polar surface area (TPSA) is 68.3 Å². The average Bonchev–Trinajstić information content (AvgIpc) is 3.49. The highest BCUT2D eigenvalue weighted by molar-refractivity contribution is 7.10. The van der Waals surface area contributed by atoms with Crippen LogP contribution < -0.4 is 5.76 Å². The summed E-state index contributed by atoms with van der Waals surface area (Å²) in [6.45, 7) is 0.358. The minimum Gasteiger partial charge on any atom is -0.388 e. The molecule has 1 aromatic carbocycles. The van der Waals surface area contributed by atoms with Crippen molar-refractivity contribution >= 4 is 28.6 Å². The second-order valence-corrected chi connectivity index (χ2v) is 8.87. The molecule has 0 saturated carbocycles. The van der Waals surface area contributed by atoms with Crippen molar-refractivity contribution in [1.82, 2.24) is 14.7 Å². The minimum atomic E-state index is -0.719. The normalized spacial score (nSPS) is 15.9. The minimum absolute atomic E-state index is 0.0568. The van der Waals surface area contributed by atoms with E-state index in [0.717, 1.165) is 21.5 Å². The quantitative estimate of drug-likeness (QED) is 0.481. The third kappa shape index (κ3) is 3.40. The summed E-state index contributed by atoms with van der Waals surface area (Å²) in [5, 5.41) is 8.19. The average molecular weight is 442 g/mol. The third-order valence-electron chi connectivity index (χ3n) is 5.08. The zero-order valence-electron chi connectivity index (χ0n) is 15.7. The van der Waals surface area contributed by atoms with Gasteiger partial charge < -0.3 is 9.32 Å². The molecule has 1 atom stereocenters. The largest absolute Gasteiger partial charge is 0.437 e. The Hall–Kier alpha value is -3.04. The highest BCUT2D eigenvalue weighted by Gasteiger charge is 2.33. The van der Waals surface area contributed by atoms with Gasteiger partial charge in [0, 0.05) is 21.9 Å². The molecule has 1 amide bonds. The van der Waals surface area contributed by atoms with E-state index in [1.807, 2.05) is 17.5 Å². The van der Waals surface area contributed by atoms with E-state index in [4.69, 9.17) is 4.42 Å². The van der Waals surface area contributed by atoms with E-state index in [2.05, 4.69) is 16.5 Å². The Morgan fingerprint density at radius 2 is 2.00 bits per heavy atom. The number of carbonyl (C=O) groups excluding carboxylic acids is 1. The third-order valence-corrected chi connectivity index (χ3v) is 7.00. The van der Waals surface area contributed by atoms with Crippen molar-refractivity contribution in [3.63, 3.8) is 0 Å². The molecule has 0 N–H and O–H groups in total. The number of thiophene rings is 2. The van der Waals surface area contributed by atoms with Crippen LogP contribution in [0.4, 0.5) is 4.39 Å². The molecule has 0 aliphatic carbocycles. The summed E-state index contributed by atoms with van der Waals surface area (Å²) < 4.78 is 19.3. The predicted molar refractivity (Wildman–Crippen MR) is 112 cm³/mol. The van der Waals surface area contributed by atoms with Crippen molar-refractivity contribution in [3.8, 4) is 11.5 Å². The van der Waals surface area contributed by atoms with E-state index in [-0.39, 0.29) is 24.4 Å². The number of amides is 1. The first-order valence-electron chi connectivity index (χ1n) is 9.33. The standard InChI is InChI=1S/C21H16FN3O3S2/c22-14-5-3-13(4-6-14)20-23-25(21(27)28-20)12-18(26)24-9-7-16-15(8-11-30-16)19(24)17-2-1-10-29-17/h1-6,8,10-11,19H,7,9,12H2/t19-/m1/s1. The molecule has 0 radical (unpaired) electrons. The molecule has 6 nitrogen and oxygen atoms in total. The summed E-state index contributed by atoms with van der Waals surface area (Å²) in [5.74, 6) is -1.26. The zero-order valence-corrected chi connectivity index (χ0v) is 17.3. The highest BCUT2D eigenvalue weighted by atomic mass is 32.1. The number of carbonyl (C=O) groups is 1.